The zero-order valence-corrected chi connectivity index (χ0v) is 23.3. The number of esters is 1. The van der Waals surface area contributed by atoms with E-state index < -0.39 is 16.0 Å². The molecule has 0 amide bonds. The van der Waals surface area contributed by atoms with E-state index in [1.807, 2.05) is 30.3 Å². The summed E-state index contributed by atoms with van der Waals surface area (Å²) in [6.07, 6.45) is 3.52. The molecule has 10 heteroatoms. The number of sulfonamides is 1. The van der Waals surface area contributed by atoms with Crippen molar-refractivity contribution in [3.8, 4) is 5.88 Å². The van der Waals surface area contributed by atoms with Gasteiger partial charge < -0.3 is 19.7 Å². The van der Waals surface area contributed by atoms with Gasteiger partial charge in [0.1, 0.15) is 0 Å². The van der Waals surface area contributed by atoms with Gasteiger partial charge in [-0.25, -0.2) is 18.2 Å². The van der Waals surface area contributed by atoms with Crippen molar-refractivity contribution < 1.29 is 23.1 Å². The zero-order chi connectivity index (χ0) is 28.3. The molecule has 5 rings (SSSR count). The van der Waals surface area contributed by atoms with Crippen molar-refractivity contribution in [2.75, 3.05) is 43.8 Å². The highest BCUT2D eigenvalue weighted by atomic mass is 32.2. The van der Waals surface area contributed by atoms with Gasteiger partial charge in [0.15, 0.2) is 5.88 Å². The Bertz CT molecular complexity index is 1640. The number of ether oxygens (including phenoxy) is 1. The van der Waals surface area contributed by atoms with Crippen molar-refractivity contribution in [3.05, 3.63) is 89.5 Å². The number of aromatic amines is 1. The van der Waals surface area contributed by atoms with Crippen LogP contribution in [0.1, 0.15) is 34.3 Å². The molecule has 0 unspecified atom stereocenters. The van der Waals surface area contributed by atoms with Gasteiger partial charge in [-0.3, -0.25) is 4.31 Å². The molecule has 0 spiro atoms. The second-order valence-electron chi connectivity index (χ2n) is 9.83. The number of nitrogens with zero attached hydrogens (tertiary/aromatic N) is 3. The van der Waals surface area contributed by atoms with E-state index in [9.17, 15) is 18.3 Å². The molecule has 9 nitrogen and oxygen atoms in total. The topological polar surface area (TPSA) is 115 Å². The Hall–Kier alpha value is -4.15. The maximum Gasteiger partial charge on any atom is 0.337 e. The molecule has 1 aliphatic heterocycles. The number of H-pyrrole nitrogens is 1. The van der Waals surface area contributed by atoms with Crippen molar-refractivity contribution in [2.45, 2.75) is 12.8 Å². The summed E-state index contributed by atoms with van der Waals surface area (Å²) in [4.78, 5) is 22.2. The standard InChI is InChI=1S/C30H32N4O5S/c1-39-30(36)22-10-15-25-26(20-22)32-29(35)27(25)28(21-8-4-3-5-9-21)31-23-11-13-24(14-12-23)34(40(2,37)38)19-18-33-16-6-7-17-33/h3-5,8-15,20,32,35H,6-7,16-19H2,1-2H3. The number of rotatable bonds is 9. The lowest BCUT2D eigenvalue weighted by atomic mass is 10.00. The number of hydrogen-bond acceptors (Lipinski definition) is 7. The minimum Gasteiger partial charge on any atom is -0.494 e. The number of nitrogens with one attached hydrogen (secondary N) is 1. The smallest absolute Gasteiger partial charge is 0.337 e. The number of fused-ring (bicyclic) bond motifs is 1. The lowest BCUT2D eigenvalue weighted by Crippen LogP contribution is -2.37. The van der Waals surface area contributed by atoms with Crippen LogP contribution >= 0.6 is 0 Å². The molecule has 1 saturated heterocycles. The first kappa shape index (κ1) is 27.4. The summed E-state index contributed by atoms with van der Waals surface area (Å²) in [5.74, 6) is -0.556. The Kier molecular flexibility index (Phi) is 7.90. The molecule has 0 aliphatic carbocycles. The average Bonchev–Trinajstić information content (AvgIpc) is 3.58. The number of aromatic nitrogens is 1. The van der Waals surface area contributed by atoms with E-state index in [2.05, 4.69) is 9.88 Å². The third kappa shape index (κ3) is 5.88. The number of carbonyl (C=O) groups excluding carboxylic acids is 1. The second-order valence-corrected chi connectivity index (χ2v) is 11.7. The van der Waals surface area contributed by atoms with Crippen LogP contribution in [0.3, 0.4) is 0 Å². The molecular formula is C30H32N4O5S. The number of anilines is 1. The van der Waals surface area contributed by atoms with E-state index in [1.165, 1.54) is 17.7 Å². The highest BCUT2D eigenvalue weighted by molar-refractivity contribution is 7.92. The molecule has 1 aromatic heterocycles. The second kappa shape index (κ2) is 11.5. The van der Waals surface area contributed by atoms with Gasteiger partial charge in [0.25, 0.3) is 0 Å². The largest absolute Gasteiger partial charge is 0.494 e. The third-order valence-corrected chi connectivity index (χ3v) is 8.27. The molecule has 4 aromatic rings. The van der Waals surface area contributed by atoms with Crippen LogP contribution in [0.25, 0.3) is 10.9 Å². The Labute approximate surface area is 233 Å². The van der Waals surface area contributed by atoms with Crippen molar-refractivity contribution >= 4 is 44.0 Å². The van der Waals surface area contributed by atoms with Crippen LogP contribution < -0.4 is 4.31 Å². The molecule has 3 aromatic carbocycles. The molecule has 0 saturated carbocycles. The molecular weight excluding hydrogens is 528 g/mol. The van der Waals surface area contributed by atoms with Crippen LogP contribution in [-0.2, 0) is 14.8 Å². The normalized spacial score (nSPS) is 14.5. The number of aliphatic imine (C=N–C) groups is 1. The van der Waals surface area contributed by atoms with E-state index in [-0.39, 0.29) is 5.88 Å². The van der Waals surface area contributed by atoms with Crippen molar-refractivity contribution in [3.63, 3.8) is 0 Å². The third-order valence-electron chi connectivity index (χ3n) is 7.08. The van der Waals surface area contributed by atoms with Crippen LogP contribution in [0.4, 0.5) is 11.4 Å². The molecule has 1 aliphatic rings. The minimum atomic E-state index is -3.46. The number of aromatic hydroxyl groups is 1. The van der Waals surface area contributed by atoms with Gasteiger partial charge in [-0.15, -0.1) is 0 Å². The first-order valence-electron chi connectivity index (χ1n) is 13.1. The number of benzene rings is 3. The summed E-state index contributed by atoms with van der Waals surface area (Å²) < 4.78 is 31.5. The van der Waals surface area contributed by atoms with E-state index in [0.29, 0.717) is 52.2 Å². The maximum atomic E-state index is 12.6. The Morgan fingerprint density at radius 2 is 1.73 bits per heavy atom. The van der Waals surface area contributed by atoms with Gasteiger partial charge >= 0.3 is 5.97 Å². The fourth-order valence-electron chi connectivity index (χ4n) is 5.08. The monoisotopic (exact) mass is 560 g/mol. The number of methoxy groups -OCH3 is 1. The highest BCUT2D eigenvalue weighted by Crippen LogP contribution is 2.33. The molecule has 40 heavy (non-hydrogen) atoms. The van der Waals surface area contributed by atoms with Gasteiger partial charge in [0.2, 0.25) is 10.0 Å². The summed E-state index contributed by atoms with van der Waals surface area (Å²) >= 11 is 0. The van der Waals surface area contributed by atoms with Gasteiger partial charge in [0.05, 0.1) is 41.6 Å². The molecule has 208 valence electrons. The van der Waals surface area contributed by atoms with Gasteiger partial charge in [-0.2, -0.15) is 0 Å². The van der Waals surface area contributed by atoms with Crippen LogP contribution in [0.2, 0.25) is 0 Å². The molecule has 0 atom stereocenters. The van der Waals surface area contributed by atoms with Gasteiger partial charge in [0, 0.05) is 29.6 Å². The molecule has 0 bridgehead atoms. The van der Waals surface area contributed by atoms with Gasteiger partial charge in [-0.1, -0.05) is 36.4 Å². The Balaban J connectivity index is 1.52. The predicted octanol–water partition coefficient (Wildman–Crippen LogP) is 4.69. The fourth-order valence-corrected chi connectivity index (χ4v) is 5.99. The Morgan fingerprint density at radius 3 is 2.38 bits per heavy atom. The summed E-state index contributed by atoms with van der Waals surface area (Å²) in [5, 5.41) is 11.6. The minimum absolute atomic E-state index is 0.0820. The van der Waals surface area contributed by atoms with Crippen molar-refractivity contribution in [1.82, 2.24) is 9.88 Å². The van der Waals surface area contributed by atoms with Crippen LogP contribution in [-0.4, -0.2) is 74.6 Å². The first-order valence-corrected chi connectivity index (χ1v) is 15.0. The number of likely N-dealkylation sites (tertiary alicyclic amines) is 1. The van der Waals surface area contributed by atoms with E-state index in [4.69, 9.17) is 9.73 Å². The Morgan fingerprint density at radius 1 is 1.02 bits per heavy atom. The first-order chi connectivity index (χ1) is 19.2. The summed E-state index contributed by atoms with van der Waals surface area (Å²) in [6.45, 7) is 3.06. The number of carbonyl (C=O) groups is 1. The van der Waals surface area contributed by atoms with E-state index >= 15 is 0 Å². The van der Waals surface area contributed by atoms with Gasteiger partial charge in [-0.05, 0) is 62.3 Å². The van der Waals surface area contributed by atoms with Crippen LogP contribution in [0, 0.1) is 0 Å². The number of hydrogen-bond donors (Lipinski definition) is 2. The quantitative estimate of drug-likeness (QED) is 0.227. The zero-order valence-electron chi connectivity index (χ0n) is 22.5. The fraction of sp³-hybridized carbons (Fsp3) is 0.267. The average molecular weight is 561 g/mol. The molecule has 2 N–H and O–H groups in total. The van der Waals surface area contributed by atoms with Crippen LogP contribution in [0.15, 0.2) is 77.8 Å². The van der Waals surface area contributed by atoms with E-state index in [1.54, 1.807) is 42.5 Å². The maximum absolute atomic E-state index is 12.6. The molecule has 0 radical (unpaired) electrons. The van der Waals surface area contributed by atoms with Crippen molar-refractivity contribution in [1.29, 1.82) is 0 Å². The molecule has 1 fully saturated rings. The van der Waals surface area contributed by atoms with Crippen molar-refractivity contribution in [2.24, 2.45) is 4.99 Å². The summed E-state index contributed by atoms with van der Waals surface area (Å²) in [7, 11) is -2.15. The summed E-state index contributed by atoms with van der Waals surface area (Å²) in [5.41, 5.74) is 3.89. The van der Waals surface area contributed by atoms with Crippen LogP contribution in [0.5, 0.6) is 5.88 Å². The predicted molar refractivity (Wildman–Crippen MR) is 157 cm³/mol. The lowest BCUT2D eigenvalue weighted by molar-refractivity contribution is 0.0601. The highest BCUT2D eigenvalue weighted by Gasteiger charge is 2.22. The van der Waals surface area contributed by atoms with E-state index in [0.717, 1.165) is 31.5 Å². The lowest BCUT2D eigenvalue weighted by Gasteiger charge is -2.25. The SMILES string of the molecule is COC(=O)c1ccc2c(C(=Nc3ccc(N(CCN4CCCC4)S(C)(=O)=O)cc3)c3ccccc3)c(O)[nH]c2c1. The molecule has 2 heterocycles. The summed E-state index contributed by atoms with van der Waals surface area (Å²) in [6, 6.07) is 21.5.